The van der Waals surface area contributed by atoms with Crippen molar-refractivity contribution in [2.45, 2.75) is 26.5 Å². The first-order chi connectivity index (χ1) is 7.63. The van der Waals surface area contributed by atoms with Gasteiger partial charge in [-0.1, -0.05) is 0 Å². The summed E-state index contributed by atoms with van der Waals surface area (Å²) in [6.07, 6.45) is 1.05. The molecule has 0 aliphatic carbocycles. The summed E-state index contributed by atoms with van der Waals surface area (Å²) < 4.78 is 11.0. The number of nitrogens with zero attached hydrogens (tertiary/aromatic N) is 1. The second-order valence-corrected chi connectivity index (χ2v) is 4.21. The lowest BCUT2D eigenvalue weighted by Gasteiger charge is -2.09. The third-order valence-electron chi connectivity index (χ3n) is 2.42. The predicted molar refractivity (Wildman–Crippen MR) is 64.2 cm³/mol. The van der Waals surface area contributed by atoms with E-state index in [-0.39, 0.29) is 0 Å². The minimum atomic E-state index is 0.446. The van der Waals surface area contributed by atoms with E-state index in [0.717, 1.165) is 36.7 Å². The van der Waals surface area contributed by atoms with Gasteiger partial charge in [0, 0.05) is 12.2 Å². The summed E-state index contributed by atoms with van der Waals surface area (Å²) in [5.74, 6) is 1.73. The molecule has 1 aromatic rings. The van der Waals surface area contributed by atoms with Gasteiger partial charge in [0.2, 0.25) is 0 Å². The summed E-state index contributed by atoms with van der Waals surface area (Å²) >= 11 is 0. The molecule has 2 N–H and O–H groups in total. The number of hydrogen-bond acceptors (Lipinski definition) is 4. The summed E-state index contributed by atoms with van der Waals surface area (Å²) in [7, 11) is 4.13. The molecule has 4 heteroatoms. The molecule has 1 rings (SSSR count). The molecule has 0 unspecified atom stereocenters. The molecule has 0 aliphatic heterocycles. The number of hydrogen-bond donors (Lipinski definition) is 1. The van der Waals surface area contributed by atoms with Crippen LogP contribution >= 0.6 is 0 Å². The number of furan rings is 1. The fourth-order valence-corrected chi connectivity index (χ4v) is 1.50. The van der Waals surface area contributed by atoms with Gasteiger partial charge in [-0.3, -0.25) is 0 Å². The van der Waals surface area contributed by atoms with Gasteiger partial charge in [-0.25, -0.2) is 0 Å². The zero-order valence-electron chi connectivity index (χ0n) is 10.5. The molecule has 0 radical (unpaired) electrons. The van der Waals surface area contributed by atoms with Crippen LogP contribution in [0.3, 0.4) is 0 Å². The molecule has 0 amide bonds. The molecule has 0 spiro atoms. The van der Waals surface area contributed by atoms with Crippen molar-refractivity contribution in [3.63, 3.8) is 0 Å². The van der Waals surface area contributed by atoms with Gasteiger partial charge in [-0.2, -0.15) is 0 Å². The van der Waals surface area contributed by atoms with Crippen LogP contribution in [0.25, 0.3) is 0 Å². The molecule has 0 aromatic carbocycles. The lowest BCUT2D eigenvalue weighted by Crippen LogP contribution is -2.14. The van der Waals surface area contributed by atoms with Crippen LogP contribution in [-0.4, -0.2) is 32.1 Å². The highest BCUT2D eigenvalue weighted by atomic mass is 16.5. The van der Waals surface area contributed by atoms with E-state index < -0.39 is 0 Å². The third-order valence-corrected chi connectivity index (χ3v) is 2.42. The Labute approximate surface area is 97.4 Å². The van der Waals surface area contributed by atoms with E-state index in [4.69, 9.17) is 14.9 Å². The summed E-state index contributed by atoms with van der Waals surface area (Å²) in [6.45, 7) is 4.83. The molecule has 1 heterocycles. The van der Waals surface area contributed by atoms with Crippen LogP contribution in [0.1, 0.15) is 23.5 Å². The Morgan fingerprint density at radius 3 is 2.75 bits per heavy atom. The van der Waals surface area contributed by atoms with E-state index in [9.17, 15) is 0 Å². The summed E-state index contributed by atoms with van der Waals surface area (Å²) in [4.78, 5) is 2.15. The van der Waals surface area contributed by atoms with Crippen molar-refractivity contribution in [1.29, 1.82) is 0 Å². The fraction of sp³-hybridized carbons (Fsp3) is 0.667. The number of rotatable bonds is 7. The highest BCUT2D eigenvalue weighted by Crippen LogP contribution is 2.15. The van der Waals surface area contributed by atoms with Gasteiger partial charge in [-0.05, 0) is 40.1 Å². The van der Waals surface area contributed by atoms with Crippen molar-refractivity contribution in [1.82, 2.24) is 4.90 Å². The Kier molecular flexibility index (Phi) is 5.52. The highest BCUT2D eigenvalue weighted by Gasteiger charge is 2.05. The molecule has 92 valence electrons. The monoisotopic (exact) mass is 226 g/mol. The smallest absolute Gasteiger partial charge is 0.118 e. The van der Waals surface area contributed by atoms with Gasteiger partial charge in [0.15, 0.2) is 0 Å². The molecule has 0 saturated carbocycles. The minimum absolute atomic E-state index is 0.446. The van der Waals surface area contributed by atoms with Crippen molar-refractivity contribution < 1.29 is 9.15 Å². The Morgan fingerprint density at radius 1 is 1.44 bits per heavy atom. The average molecular weight is 226 g/mol. The van der Waals surface area contributed by atoms with Crippen LogP contribution in [-0.2, 0) is 17.9 Å². The van der Waals surface area contributed by atoms with E-state index in [1.54, 1.807) is 0 Å². The predicted octanol–water partition coefficient (Wildman–Crippen LogP) is 1.52. The van der Waals surface area contributed by atoms with Gasteiger partial charge >= 0.3 is 0 Å². The van der Waals surface area contributed by atoms with Crippen molar-refractivity contribution in [3.05, 3.63) is 23.2 Å². The number of ether oxygens (including phenoxy) is 1. The largest absolute Gasteiger partial charge is 0.465 e. The van der Waals surface area contributed by atoms with E-state index in [0.29, 0.717) is 13.2 Å². The zero-order chi connectivity index (χ0) is 12.0. The molecule has 1 aromatic heterocycles. The maximum absolute atomic E-state index is 5.58. The fourth-order valence-electron chi connectivity index (χ4n) is 1.50. The van der Waals surface area contributed by atoms with Crippen LogP contribution in [0.2, 0.25) is 0 Å². The third kappa shape index (κ3) is 4.35. The average Bonchev–Trinajstić information content (AvgIpc) is 2.59. The van der Waals surface area contributed by atoms with Crippen molar-refractivity contribution >= 4 is 0 Å². The first-order valence-corrected chi connectivity index (χ1v) is 5.64. The van der Waals surface area contributed by atoms with Crippen LogP contribution in [0.5, 0.6) is 0 Å². The maximum atomic E-state index is 5.58. The van der Waals surface area contributed by atoms with Crippen LogP contribution < -0.4 is 5.73 Å². The summed E-state index contributed by atoms with van der Waals surface area (Å²) in [5, 5.41) is 0. The lowest BCUT2D eigenvalue weighted by molar-refractivity contribution is 0.112. The topological polar surface area (TPSA) is 51.6 Å². The van der Waals surface area contributed by atoms with Crippen molar-refractivity contribution in [2.75, 3.05) is 27.2 Å². The van der Waals surface area contributed by atoms with Crippen LogP contribution in [0.15, 0.2) is 10.5 Å². The normalized spacial score (nSPS) is 11.3. The Bertz CT molecular complexity index is 308. The quantitative estimate of drug-likeness (QED) is 0.716. The summed E-state index contributed by atoms with van der Waals surface area (Å²) in [5.41, 5.74) is 6.60. The van der Waals surface area contributed by atoms with Crippen LogP contribution in [0, 0.1) is 6.92 Å². The molecule has 16 heavy (non-hydrogen) atoms. The standard InChI is InChI=1S/C12H22N2O2/c1-10-11(7-12(8-13)16-10)9-15-6-4-5-14(2)3/h7H,4-6,8-9,13H2,1-3H3. The first kappa shape index (κ1) is 13.2. The molecule has 0 fully saturated rings. The van der Waals surface area contributed by atoms with E-state index in [2.05, 4.69) is 19.0 Å². The Hall–Kier alpha value is -0.840. The second kappa shape index (κ2) is 6.68. The minimum Gasteiger partial charge on any atom is -0.465 e. The van der Waals surface area contributed by atoms with Gasteiger partial charge < -0.3 is 19.8 Å². The van der Waals surface area contributed by atoms with Crippen molar-refractivity contribution in [3.8, 4) is 0 Å². The lowest BCUT2D eigenvalue weighted by atomic mass is 10.2. The molecular weight excluding hydrogens is 204 g/mol. The molecule has 0 aliphatic rings. The highest BCUT2D eigenvalue weighted by molar-refractivity contribution is 5.19. The number of aryl methyl sites for hydroxylation is 1. The van der Waals surface area contributed by atoms with E-state index in [1.165, 1.54) is 0 Å². The number of nitrogens with two attached hydrogens (primary N) is 1. The zero-order valence-corrected chi connectivity index (χ0v) is 10.5. The second-order valence-electron chi connectivity index (χ2n) is 4.21. The first-order valence-electron chi connectivity index (χ1n) is 5.64. The Morgan fingerprint density at radius 2 is 2.19 bits per heavy atom. The van der Waals surface area contributed by atoms with E-state index in [1.807, 2.05) is 13.0 Å². The molecule has 4 nitrogen and oxygen atoms in total. The summed E-state index contributed by atoms with van der Waals surface area (Å²) in [6, 6.07) is 1.97. The SMILES string of the molecule is Cc1oc(CN)cc1COCCCN(C)C. The molecule has 0 atom stereocenters. The van der Waals surface area contributed by atoms with Gasteiger partial charge in [0.05, 0.1) is 13.2 Å². The maximum Gasteiger partial charge on any atom is 0.118 e. The molecule has 0 saturated heterocycles. The Balaban J connectivity index is 2.23. The van der Waals surface area contributed by atoms with E-state index >= 15 is 0 Å². The van der Waals surface area contributed by atoms with Crippen LogP contribution in [0.4, 0.5) is 0 Å². The van der Waals surface area contributed by atoms with Gasteiger partial charge in [0.1, 0.15) is 11.5 Å². The van der Waals surface area contributed by atoms with Crippen molar-refractivity contribution in [2.24, 2.45) is 5.73 Å². The molecular formula is C12H22N2O2. The van der Waals surface area contributed by atoms with Gasteiger partial charge in [-0.15, -0.1) is 0 Å². The molecule has 0 bridgehead atoms. The van der Waals surface area contributed by atoms with Gasteiger partial charge in [0.25, 0.3) is 0 Å².